The number of carbonyl (C=O) groups is 1. The van der Waals surface area contributed by atoms with Gasteiger partial charge in [0, 0.05) is 5.56 Å². The average molecular weight is 358 g/mol. The zero-order valence-electron chi connectivity index (χ0n) is 15.0. The van der Waals surface area contributed by atoms with Gasteiger partial charge >= 0.3 is 0 Å². The molecule has 0 saturated carbocycles. The van der Waals surface area contributed by atoms with Crippen molar-refractivity contribution in [1.29, 1.82) is 0 Å². The van der Waals surface area contributed by atoms with Crippen LogP contribution in [0.2, 0.25) is 0 Å². The minimum absolute atomic E-state index is 0.232. The first-order valence-corrected chi connectivity index (χ1v) is 8.55. The van der Waals surface area contributed by atoms with E-state index >= 15 is 0 Å². The summed E-state index contributed by atoms with van der Waals surface area (Å²) in [5, 5.41) is 5.08. The van der Waals surface area contributed by atoms with Crippen LogP contribution < -0.4 is 10.1 Å². The highest BCUT2D eigenvalue weighted by Crippen LogP contribution is 2.30. The predicted molar refractivity (Wildman–Crippen MR) is 105 cm³/mol. The third-order valence-corrected chi connectivity index (χ3v) is 4.49. The number of oxazole rings is 1. The van der Waals surface area contributed by atoms with Crippen LogP contribution in [0.5, 0.6) is 5.75 Å². The molecule has 4 aromatic rings. The van der Waals surface area contributed by atoms with Crippen LogP contribution in [0.3, 0.4) is 0 Å². The molecule has 0 fully saturated rings. The Balaban J connectivity index is 1.70. The lowest BCUT2D eigenvalue weighted by atomic mass is 10.0. The van der Waals surface area contributed by atoms with E-state index in [0.717, 1.165) is 21.9 Å². The van der Waals surface area contributed by atoms with E-state index in [9.17, 15) is 4.79 Å². The predicted octanol–water partition coefficient (Wildman–Crippen LogP) is 5.06. The summed E-state index contributed by atoms with van der Waals surface area (Å²) in [5.41, 5.74) is 2.56. The van der Waals surface area contributed by atoms with Gasteiger partial charge in [-0.05, 0) is 35.4 Å². The molecule has 0 spiro atoms. The summed E-state index contributed by atoms with van der Waals surface area (Å²) in [4.78, 5) is 17.0. The van der Waals surface area contributed by atoms with E-state index in [-0.39, 0.29) is 11.6 Å². The lowest BCUT2D eigenvalue weighted by Gasteiger charge is -2.12. The summed E-state index contributed by atoms with van der Waals surface area (Å²) < 4.78 is 10.9. The van der Waals surface area contributed by atoms with Crippen LogP contribution in [0.4, 0.5) is 5.69 Å². The summed E-state index contributed by atoms with van der Waals surface area (Å²) in [6.07, 6.45) is 1.29. The summed E-state index contributed by atoms with van der Waals surface area (Å²) in [7, 11) is 1.57. The topological polar surface area (TPSA) is 64.4 Å². The number of ether oxygens (including phenoxy) is 1. The summed E-state index contributed by atoms with van der Waals surface area (Å²) in [6.45, 7) is 1.91. The van der Waals surface area contributed by atoms with Crippen LogP contribution in [-0.4, -0.2) is 18.0 Å². The number of aromatic nitrogens is 1. The van der Waals surface area contributed by atoms with Crippen LogP contribution in [-0.2, 0) is 0 Å². The van der Waals surface area contributed by atoms with E-state index in [4.69, 9.17) is 9.15 Å². The van der Waals surface area contributed by atoms with Crippen molar-refractivity contribution in [3.63, 3.8) is 0 Å². The molecule has 0 radical (unpaired) electrons. The molecule has 5 heteroatoms. The van der Waals surface area contributed by atoms with Crippen LogP contribution in [0.25, 0.3) is 22.1 Å². The lowest BCUT2D eigenvalue weighted by molar-refractivity contribution is 0.102. The van der Waals surface area contributed by atoms with Gasteiger partial charge in [0.25, 0.3) is 5.91 Å². The molecule has 1 heterocycles. The molecule has 0 aliphatic heterocycles. The van der Waals surface area contributed by atoms with Crippen LogP contribution in [0.15, 0.2) is 71.5 Å². The van der Waals surface area contributed by atoms with E-state index < -0.39 is 0 Å². The van der Waals surface area contributed by atoms with E-state index in [1.165, 1.54) is 6.39 Å². The zero-order chi connectivity index (χ0) is 18.8. The number of amides is 1. The number of carbonyl (C=O) groups excluding carboxylic acids is 1. The molecule has 0 bridgehead atoms. The highest BCUT2D eigenvalue weighted by molar-refractivity contribution is 6.07. The van der Waals surface area contributed by atoms with Gasteiger partial charge < -0.3 is 14.5 Å². The number of aryl methyl sites for hydroxylation is 1. The number of rotatable bonds is 4. The molecule has 0 saturated heterocycles. The van der Waals surface area contributed by atoms with Crippen molar-refractivity contribution in [2.24, 2.45) is 0 Å². The SMILES string of the molecule is COc1cccc(C)c1NC(=O)c1ncoc1-c1ccc2ccccc2c1. The number of benzene rings is 3. The molecule has 0 aliphatic carbocycles. The van der Waals surface area contributed by atoms with Gasteiger partial charge in [0.1, 0.15) is 5.75 Å². The maximum Gasteiger partial charge on any atom is 0.278 e. The minimum Gasteiger partial charge on any atom is -0.495 e. The molecule has 1 amide bonds. The Hall–Kier alpha value is -3.60. The van der Waals surface area contributed by atoms with Gasteiger partial charge in [0.15, 0.2) is 17.8 Å². The fourth-order valence-corrected chi connectivity index (χ4v) is 3.09. The van der Waals surface area contributed by atoms with Crippen LogP contribution in [0, 0.1) is 6.92 Å². The largest absolute Gasteiger partial charge is 0.495 e. The summed E-state index contributed by atoms with van der Waals surface area (Å²) in [5.74, 6) is 0.685. The van der Waals surface area contributed by atoms with Crippen molar-refractivity contribution >= 4 is 22.4 Å². The standard InChI is InChI=1S/C22H18N2O3/c1-14-6-5-9-18(26-2)19(14)24-22(25)20-21(27-13-23-20)17-11-10-15-7-3-4-8-16(15)12-17/h3-13H,1-2H3,(H,24,25). The molecule has 27 heavy (non-hydrogen) atoms. The van der Waals surface area contributed by atoms with Crippen LogP contribution >= 0.6 is 0 Å². The summed E-state index contributed by atoms with van der Waals surface area (Å²) in [6, 6.07) is 19.5. The number of hydrogen-bond donors (Lipinski definition) is 1. The Bertz CT molecular complexity index is 1130. The van der Waals surface area contributed by atoms with Gasteiger partial charge in [0.05, 0.1) is 12.8 Å². The van der Waals surface area contributed by atoms with Gasteiger partial charge in [-0.2, -0.15) is 0 Å². The number of fused-ring (bicyclic) bond motifs is 1. The molecule has 134 valence electrons. The third kappa shape index (κ3) is 3.15. The van der Waals surface area contributed by atoms with Crippen LogP contribution in [0.1, 0.15) is 16.1 Å². The summed E-state index contributed by atoms with van der Waals surface area (Å²) >= 11 is 0. The monoisotopic (exact) mass is 358 g/mol. The smallest absolute Gasteiger partial charge is 0.278 e. The molecule has 0 aliphatic rings. The second kappa shape index (κ2) is 6.96. The molecule has 1 aromatic heterocycles. The highest BCUT2D eigenvalue weighted by Gasteiger charge is 2.20. The number of methoxy groups -OCH3 is 1. The number of nitrogens with one attached hydrogen (secondary N) is 1. The van der Waals surface area contributed by atoms with Gasteiger partial charge in [0.2, 0.25) is 0 Å². The first-order chi connectivity index (χ1) is 13.2. The number of anilines is 1. The Morgan fingerprint density at radius 3 is 2.67 bits per heavy atom. The molecule has 5 nitrogen and oxygen atoms in total. The van der Waals surface area contributed by atoms with Crippen molar-refractivity contribution in [2.75, 3.05) is 12.4 Å². The molecular weight excluding hydrogens is 340 g/mol. The quantitative estimate of drug-likeness (QED) is 0.553. The van der Waals surface area contributed by atoms with E-state index in [0.29, 0.717) is 17.2 Å². The second-order valence-corrected chi connectivity index (χ2v) is 6.20. The van der Waals surface area contributed by atoms with E-state index in [1.807, 2.05) is 61.5 Å². The Labute approximate surface area is 156 Å². The maximum atomic E-state index is 12.9. The fourth-order valence-electron chi connectivity index (χ4n) is 3.09. The number of nitrogens with zero attached hydrogens (tertiary/aromatic N) is 1. The normalized spacial score (nSPS) is 10.7. The Morgan fingerprint density at radius 2 is 1.85 bits per heavy atom. The number of hydrogen-bond acceptors (Lipinski definition) is 4. The van der Waals surface area contributed by atoms with Crippen molar-refractivity contribution in [3.05, 3.63) is 78.3 Å². The molecule has 0 atom stereocenters. The van der Waals surface area contributed by atoms with E-state index in [1.54, 1.807) is 13.2 Å². The third-order valence-electron chi connectivity index (χ3n) is 4.49. The number of para-hydroxylation sites is 1. The zero-order valence-corrected chi connectivity index (χ0v) is 15.0. The van der Waals surface area contributed by atoms with Gasteiger partial charge in [-0.25, -0.2) is 4.98 Å². The van der Waals surface area contributed by atoms with Crippen molar-refractivity contribution in [2.45, 2.75) is 6.92 Å². The molecular formula is C22H18N2O3. The van der Waals surface area contributed by atoms with Crippen molar-refractivity contribution in [1.82, 2.24) is 4.98 Å². The first kappa shape index (κ1) is 16.8. The molecule has 4 rings (SSSR count). The first-order valence-electron chi connectivity index (χ1n) is 8.55. The van der Waals surface area contributed by atoms with E-state index in [2.05, 4.69) is 10.3 Å². The van der Waals surface area contributed by atoms with Gasteiger partial charge in [-0.1, -0.05) is 48.5 Å². The minimum atomic E-state index is -0.348. The highest BCUT2D eigenvalue weighted by atomic mass is 16.5. The molecule has 3 aromatic carbocycles. The van der Waals surface area contributed by atoms with Crippen molar-refractivity contribution < 1.29 is 13.9 Å². The second-order valence-electron chi connectivity index (χ2n) is 6.20. The Morgan fingerprint density at radius 1 is 1.04 bits per heavy atom. The van der Waals surface area contributed by atoms with Gasteiger partial charge in [-0.15, -0.1) is 0 Å². The molecule has 1 N–H and O–H groups in total. The fraction of sp³-hybridized carbons (Fsp3) is 0.0909. The van der Waals surface area contributed by atoms with Gasteiger partial charge in [-0.3, -0.25) is 4.79 Å². The maximum absolute atomic E-state index is 12.9. The lowest BCUT2D eigenvalue weighted by Crippen LogP contribution is -2.15. The average Bonchev–Trinajstić information content (AvgIpc) is 3.19. The van der Waals surface area contributed by atoms with Crippen molar-refractivity contribution in [3.8, 4) is 17.1 Å². The Kier molecular flexibility index (Phi) is 4.34. The molecule has 0 unspecified atom stereocenters.